The van der Waals surface area contributed by atoms with Crippen molar-refractivity contribution in [2.24, 2.45) is 0 Å². The Morgan fingerprint density at radius 1 is 0.769 bits per heavy atom. The summed E-state index contributed by atoms with van der Waals surface area (Å²) in [5, 5.41) is 0.285. The van der Waals surface area contributed by atoms with Crippen LogP contribution in [0.3, 0.4) is 0 Å². The van der Waals surface area contributed by atoms with Gasteiger partial charge in [-0.25, -0.2) is 0 Å². The summed E-state index contributed by atoms with van der Waals surface area (Å²) >= 11 is 0. The first-order chi connectivity index (χ1) is 12.2. The van der Waals surface area contributed by atoms with Crippen molar-refractivity contribution >= 4 is 38.2 Å². The lowest BCUT2D eigenvalue weighted by Crippen LogP contribution is -2.20. The second-order valence-corrected chi connectivity index (χ2v) is 7.16. The highest BCUT2D eigenvalue weighted by atomic mass is 32.2. The second kappa shape index (κ2) is 7.47. The molecule has 0 saturated carbocycles. The van der Waals surface area contributed by atoms with Crippen molar-refractivity contribution in [1.29, 1.82) is 0 Å². The van der Waals surface area contributed by atoms with Crippen LogP contribution in [-0.2, 0) is 10.1 Å². The molecule has 2 rings (SSSR count). The van der Waals surface area contributed by atoms with Gasteiger partial charge in [0.05, 0.1) is 5.56 Å². The minimum absolute atomic E-state index is 0.0166. The fourth-order valence-corrected chi connectivity index (χ4v) is 3.97. The summed E-state index contributed by atoms with van der Waals surface area (Å²) in [7, 11) is -4.81. The maximum atomic E-state index is 12.6. The number of ketones is 3. The third-order valence-electron chi connectivity index (χ3n) is 4.23. The van der Waals surface area contributed by atoms with E-state index in [-0.39, 0.29) is 46.9 Å². The Morgan fingerprint density at radius 2 is 1.19 bits per heavy atom. The van der Waals surface area contributed by atoms with E-state index in [2.05, 4.69) is 0 Å². The van der Waals surface area contributed by atoms with Crippen LogP contribution in [0.25, 0.3) is 10.8 Å². The zero-order valence-electron chi connectivity index (χ0n) is 14.8. The monoisotopic (exact) mass is 376 g/mol. The lowest BCUT2D eigenvalue weighted by molar-refractivity contribution is 0.0941. The molecular formula is C19H20O6S. The quantitative estimate of drug-likeness (QED) is 0.581. The van der Waals surface area contributed by atoms with E-state index in [1.54, 1.807) is 26.0 Å². The highest BCUT2D eigenvalue weighted by molar-refractivity contribution is 7.86. The Morgan fingerprint density at radius 3 is 1.65 bits per heavy atom. The molecule has 6 nitrogen and oxygen atoms in total. The van der Waals surface area contributed by atoms with Crippen molar-refractivity contribution in [1.82, 2.24) is 0 Å². The molecule has 0 heterocycles. The normalized spacial score (nSPS) is 11.5. The van der Waals surface area contributed by atoms with Crippen molar-refractivity contribution in [2.45, 2.75) is 44.9 Å². The Bertz CT molecular complexity index is 1020. The third kappa shape index (κ3) is 3.32. The Balaban J connectivity index is 3.29. The van der Waals surface area contributed by atoms with E-state index in [1.807, 2.05) is 0 Å². The van der Waals surface area contributed by atoms with Crippen molar-refractivity contribution in [2.75, 3.05) is 0 Å². The number of Topliss-reactive ketones (excluding diaryl/α,β-unsaturated/α-hetero) is 3. The molecule has 26 heavy (non-hydrogen) atoms. The summed E-state index contributed by atoms with van der Waals surface area (Å²) in [5.41, 5.74) is -0.561. The topological polar surface area (TPSA) is 106 Å². The van der Waals surface area contributed by atoms with Crippen LogP contribution < -0.4 is 0 Å². The fraction of sp³-hybridized carbons (Fsp3) is 0.316. The number of rotatable bonds is 7. The van der Waals surface area contributed by atoms with Crippen LogP contribution in [0.4, 0.5) is 0 Å². The first-order valence-electron chi connectivity index (χ1n) is 8.34. The lowest BCUT2D eigenvalue weighted by atomic mass is 9.86. The first kappa shape index (κ1) is 19.9. The third-order valence-corrected chi connectivity index (χ3v) is 5.17. The van der Waals surface area contributed by atoms with E-state index < -0.39 is 32.1 Å². The predicted molar refractivity (Wildman–Crippen MR) is 97.6 cm³/mol. The molecule has 0 spiro atoms. The molecule has 0 saturated heterocycles. The molecule has 0 bridgehead atoms. The van der Waals surface area contributed by atoms with Crippen LogP contribution in [0.2, 0.25) is 0 Å². The molecule has 2 aromatic carbocycles. The molecule has 0 amide bonds. The van der Waals surface area contributed by atoms with Crippen LogP contribution >= 0.6 is 0 Å². The van der Waals surface area contributed by atoms with Crippen LogP contribution in [0.5, 0.6) is 0 Å². The van der Waals surface area contributed by atoms with Gasteiger partial charge in [-0.05, 0) is 5.39 Å². The minimum atomic E-state index is -4.81. The van der Waals surface area contributed by atoms with E-state index in [4.69, 9.17) is 0 Å². The van der Waals surface area contributed by atoms with Gasteiger partial charge in [0.25, 0.3) is 10.1 Å². The van der Waals surface area contributed by atoms with E-state index in [0.717, 1.165) is 0 Å². The smallest absolute Gasteiger partial charge is 0.294 e. The molecule has 0 atom stereocenters. The van der Waals surface area contributed by atoms with Gasteiger partial charge in [0.15, 0.2) is 17.3 Å². The molecular weight excluding hydrogens is 356 g/mol. The summed E-state index contributed by atoms with van der Waals surface area (Å²) in [5.74, 6) is -1.51. The molecule has 0 aliphatic rings. The number of hydrogen-bond donors (Lipinski definition) is 1. The molecule has 0 radical (unpaired) electrons. The summed E-state index contributed by atoms with van der Waals surface area (Å²) in [6.45, 7) is 4.70. The van der Waals surface area contributed by atoms with Gasteiger partial charge >= 0.3 is 0 Å². The maximum absolute atomic E-state index is 12.6. The molecule has 2 aromatic rings. The van der Waals surface area contributed by atoms with Crippen LogP contribution in [0, 0.1) is 0 Å². The van der Waals surface area contributed by atoms with Gasteiger partial charge in [-0.15, -0.1) is 0 Å². The molecule has 1 N–H and O–H groups in total. The van der Waals surface area contributed by atoms with Gasteiger partial charge in [0, 0.05) is 35.8 Å². The van der Waals surface area contributed by atoms with Gasteiger partial charge in [0.2, 0.25) is 0 Å². The van der Waals surface area contributed by atoms with E-state index in [0.29, 0.717) is 0 Å². The number of benzene rings is 2. The SMILES string of the molecule is CCC(=O)c1c(C(=O)CC)c(S(=O)(=O)O)c2ccccc2c1C(=O)CC. The average Bonchev–Trinajstić information content (AvgIpc) is 2.63. The summed E-state index contributed by atoms with van der Waals surface area (Å²) in [4.78, 5) is 37.2. The Labute approximate surface area is 152 Å². The standard InChI is InChI=1S/C19H20O6S/c1-4-13(20)16-11-9-7-8-10-12(11)19(26(23,24)25)18(15(22)6-3)17(16)14(21)5-2/h7-10H,4-6H2,1-3H3,(H,23,24,25). The van der Waals surface area contributed by atoms with Crippen molar-refractivity contribution in [3.63, 3.8) is 0 Å². The van der Waals surface area contributed by atoms with E-state index in [9.17, 15) is 27.4 Å². The van der Waals surface area contributed by atoms with Crippen molar-refractivity contribution in [3.05, 3.63) is 41.0 Å². The van der Waals surface area contributed by atoms with E-state index >= 15 is 0 Å². The molecule has 0 aromatic heterocycles. The Kier molecular flexibility index (Phi) is 5.73. The number of hydrogen-bond acceptors (Lipinski definition) is 5. The van der Waals surface area contributed by atoms with Crippen LogP contribution in [0.15, 0.2) is 29.2 Å². The molecule has 0 fully saturated rings. The first-order valence-corrected chi connectivity index (χ1v) is 9.78. The van der Waals surface area contributed by atoms with Crippen LogP contribution in [0.1, 0.15) is 71.1 Å². The summed E-state index contributed by atoms with van der Waals surface area (Å²) in [6, 6.07) is 6.07. The highest BCUT2D eigenvalue weighted by Gasteiger charge is 2.33. The number of carbonyl (C=O) groups is 3. The Hall–Kier alpha value is -2.38. The molecule has 0 unspecified atom stereocenters. The predicted octanol–water partition coefficient (Wildman–Crippen LogP) is 3.86. The number of fused-ring (bicyclic) bond motifs is 1. The molecule has 0 aliphatic heterocycles. The van der Waals surface area contributed by atoms with Gasteiger partial charge < -0.3 is 0 Å². The fourth-order valence-electron chi connectivity index (χ4n) is 3.04. The van der Waals surface area contributed by atoms with Crippen molar-refractivity contribution in [3.8, 4) is 0 Å². The number of carbonyl (C=O) groups excluding carboxylic acids is 3. The maximum Gasteiger partial charge on any atom is 0.295 e. The zero-order chi connectivity index (χ0) is 19.6. The van der Waals surface area contributed by atoms with E-state index in [1.165, 1.54) is 19.1 Å². The van der Waals surface area contributed by atoms with Gasteiger partial charge in [-0.3, -0.25) is 18.9 Å². The van der Waals surface area contributed by atoms with Gasteiger partial charge in [-0.1, -0.05) is 45.0 Å². The zero-order valence-corrected chi connectivity index (χ0v) is 15.6. The van der Waals surface area contributed by atoms with Gasteiger partial charge in [-0.2, -0.15) is 8.42 Å². The average molecular weight is 376 g/mol. The summed E-state index contributed by atoms with van der Waals surface area (Å²) in [6.07, 6.45) is -0.0131. The van der Waals surface area contributed by atoms with Crippen LogP contribution in [-0.4, -0.2) is 30.3 Å². The largest absolute Gasteiger partial charge is 0.295 e. The highest BCUT2D eigenvalue weighted by Crippen LogP contribution is 2.36. The minimum Gasteiger partial charge on any atom is -0.294 e. The van der Waals surface area contributed by atoms with Crippen molar-refractivity contribution < 1.29 is 27.4 Å². The molecule has 138 valence electrons. The molecule has 7 heteroatoms. The second-order valence-electron chi connectivity index (χ2n) is 5.80. The molecule has 0 aliphatic carbocycles. The van der Waals surface area contributed by atoms with Gasteiger partial charge in [0.1, 0.15) is 4.90 Å². The summed E-state index contributed by atoms with van der Waals surface area (Å²) < 4.78 is 34.0. The lowest BCUT2D eigenvalue weighted by Gasteiger charge is -2.18.